The summed E-state index contributed by atoms with van der Waals surface area (Å²) in [4.78, 5) is 11.8. The average Bonchev–Trinajstić information content (AvgIpc) is 3.36. The van der Waals surface area contributed by atoms with Crippen molar-refractivity contribution in [3.8, 4) is 17.2 Å². The maximum atomic E-state index is 13.0. The first-order valence-corrected chi connectivity index (χ1v) is 18.0. The summed E-state index contributed by atoms with van der Waals surface area (Å²) in [5.74, 6) is 1.44. The highest BCUT2D eigenvalue weighted by Gasteiger charge is 2.28. The molecule has 0 fully saturated rings. The molecular weight excluding hydrogens is 565 g/mol. The molecule has 1 aromatic heterocycles. The number of thiazole rings is 1. The molecule has 0 bridgehead atoms. The molecule has 42 heavy (non-hydrogen) atoms. The quantitative estimate of drug-likeness (QED) is 0.0777. The molecule has 8 heteroatoms. The molecule has 232 valence electrons. The largest absolute Gasteiger partial charge is 0.584 e. The number of rotatable bonds is 20. The average molecular weight is 617 g/mol. The zero-order chi connectivity index (χ0) is 30.4. The molecule has 3 aromatic rings. The second-order valence-corrected chi connectivity index (χ2v) is 13.8. The van der Waals surface area contributed by atoms with Crippen LogP contribution in [-0.2, 0) is 11.1 Å². The highest BCUT2D eigenvalue weighted by Crippen LogP contribution is 2.47. The topological polar surface area (TPSA) is 68.9 Å². The summed E-state index contributed by atoms with van der Waals surface area (Å²) in [5.41, 5.74) is 5.42. The van der Waals surface area contributed by atoms with Gasteiger partial charge in [-0.25, -0.2) is 4.57 Å². The van der Waals surface area contributed by atoms with Gasteiger partial charge in [-0.3, -0.25) is 4.89 Å². The molecule has 0 spiro atoms. The van der Waals surface area contributed by atoms with E-state index in [0.717, 1.165) is 34.4 Å². The van der Waals surface area contributed by atoms with Gasteiger partial charge < -0.3 is 13.8 Å². The number of phosphoric ester groups is 1. The molecule has 0 amide bonds. The van der Waals surface area contributed by atoms with Crippen LogP contribution in [0.5, 0.6) is 17.2 Å². The van der Waals surface area contributed by atoms with Crippen molar-refractivity contribution >= 4 is 19.2 Å². The fourth-order valence-corrected chi connectivity index (χ4v) is 6.71. The molecule has 1 atom stereocenters. The van der Waals surface area contributed by atoms with Crippen LogP contribution in [0.25, 0.3) is 0 Å². The van der Waals surface area contributed by atoms with Gasteiger partial charge >= 0.3 is 7.82 Å². The third-order valence-electron chi connectivity index (χ3n) is 7.65. The number of benzene rings is 2. The first-order chi connectivity index (χ1) is 20.2. The second-order valence-electron chi connectivity index (χ2n) is 11.4. The van der Waals surface area contributed by atoms with Crippen molar-refractivity contribution in [2.75, 3.05) is 6.61 Å². The Morgan fingerprint density at radius 2 is 1.48 bits per heavy atom. The van der Waals surface area contributed by atoms with Crippen LogP contribution in [-0.4, -0.2) is 11.5 Å². The lowest BCUT2D eigenvalue weighted by atomic mass is 10.0. The molecule has 0 radical (unpaired) electrons. The number of ether oxygens (including phenoxy) is 1. The fraction of sp³-hybridized carbons (Fsp3) is 0.559. The summed E-state index contributed by atoms with van der Waals surface area (Å²) < 4.78 is 32.3. The maximum absolute atomic E-state index is 13.0. The lowest BCUT2D eigenvalue weighted by Crippen LogP contribution is -2.30. The van der Waals surface area contributed by atoms with E-state index in [4.69, 9.17) is 13.8 Å². The zero-order valence-corrected chi connectivity index (χ0v) is 28.0. The SMILES string of the molecule is CCCCCCCCCCCCCCOc1cc(C)c(OP(=O)(O)Oc2cccc(C[n+]3csc(C)c3)c2)c(C)c1C. The molecule has 0 aliphatic carbocycles. The summed E-state index contributed by atoms with van der Waals surface area (Å²) in [7, 11) is -4.42. The Kier molecular flexibility index (Phi) is 14.4. The first-order valence-electron chi connectivity index (χ1n) is 15.7. The predicted octanol–water partition coefficient (Wildman–Crippen LogP) is 9.96. The van der Waals surface area contributed by atoms with E-state index in [1.807, 2.05) is 44.5 Å². The fourth-order valence-electron chi connectivity index (χ4n) is 5.14. The number of phosphoric acid groups is 1. The van der Waals surface area contributed by atoms with Gasteiger partial charge in [-0.05, 0) is 69.0 Å². The summed E-state index contributed by atoms with van der Waals surface area (Å²) in [5, 5.41) is 0. The van der Waals surface area contributed by atoms with Gasteiger partial charge in [0.05, 0.1) is 11.5 Å². The van der Waals surface area contributed by atoms with E-state index >= 15 is 0 Å². The number of aromatic nitrogens is 1. The van der Waals surface area contributed by atoms with Crippen molar-refractivity contribution in [3.63, 3.8) is 0 Å². The van der Waals surface area contributed by atoms with Crippen LogP contribution < -0.4 is 18.4 Å². The molecule has 1 unspecified atom stereocenters. The van der Waals surface area contributed by atoms with Crippen molar-refractivity contribution in [1.82, 2.24) is 0 Å². The molecule has 0 saturated heterocycles. The van der Waals surface area contributed by atoms with Crippen LogP contribution in [0, 0.1) is 27.7 Å². The van der Waals surface area contributed by atoms with Gasteiger partial charge in [-0.1, -0.05) is 101 Å². The minimum atomic E-state index is -4.42. The van der Waals surface area contributed by atoms with E-state index in [1.165, 1.54) is 75.5 Å². The highest BCUT2D eigenvalue weighted by atomic mass is 32.1. The van der Waals surface area contributed by atoms with Crippen molar-refractivity contribution < 1.29 is 27.8 Å². The van der Waals surface area contributed by atoms with Crippen LogP contribution in [0.3, 0.4) is 0 Å². The van der Waals surface area contributed by atoms with Crippen LogP contribution >= 0.6 is 19.2 Å². The Labute approximate surface area is 257 Å². The molecule has 1 N–H and O–H groups in total. The van der Waals surface area contributed by atoms with Crippen molar-refractivity contribution in [1.29, 1.82) is 0 Å². The van der Waals surface area contributed by atoms with Crippen molar-refractivity contribution in [2.24, 2.45) is 0 Å². The molecular formula is C34H51NO5PS+. The van der Waals surface area contributed by atoms with Gasteiger partial charge in [-0.15, -0.1) is 0 Å². The smallest absolute Gasteiger partial charge is 0.493 e. The monoisotopic (exact) mass is 616 g/mol. The molecule has 0 saturated carbocycles. The van der Waals surface area contributed by atoms with Gasteiger partial charge in [-0.2, -0.15) is 4.57 Å². The molecule has 6 nitrogen and oxygen atoms in total. The number of hydrogen-bond acceptors (Lipinski definition) is 5. The Hall–Kier alpha value is -2.34. The number of unbranched alkanes of at least 4 members (excludes halogenated alkanes) is 11. The lowest BCUT2D eigenvalue weighted by Gasteiger charge is -2.20. The van der Waals surface area contributed by atoms with Gasteiger partial charge in [0.15, 0.2) is 12.7 Å². The minimum Gasteiger partial charge on any atom is -0.493 e. The Balaban J connectivity index is 1.44. The van der Waals surface area contributed by atoms with Crippen LogP contribution in [0.2, 0.25) is 0 Å². The van der Waals surface area contributed by atoms with E-state index in [0.29, 0.717) is 24.7 Å². The third-order valence-corrected chi connectivity index (χ3v) is 9.35. The molecule has 2 aromatic carbocycles. The predicted molar refractivity (Wildman–Crippen MR) is 173 cm³/mol. The normalized spacial score (nSPS) is 12.7. The highest BCUT2D eigenvalue weighted by molar-refractivity contribution is 7.48. The number of aryl methyl sites for hydroxylation is 2. The Bertz CT molecular complexity index is 1290. The molecule has 1 heterocycles. The maximum Gasteiger partial charge on any atom is 0.584 e. The first kappa shape index (κ1) is 34.2. The summed E-state index contributed by atoms with van der Waals surface area (Å²) in [6.07, 6.45) is 17.8. The van der Waals surface area contributed by atoms with Gasteiger partial charge in [0, 0.05) is 5.56 Å². The van der Waals surface area contributed by atoms with Crippen LogP contribution in [0.4, 0.5) is 0 Å². The van der Waals surface area contributed by atoms with E-state index in [-0.39, 0.29) is 0 Å². The molecule has 3 rings (SSSR count). The summed E-state index contributed by atoms with van der Waals surface area (Å²) in [6, 6.07) is 9.09. The van der Waals surface area contributed by atoms with E-state index in [1.54, 1.807) is 23.5 Å². The van der Waals surface area contributed by atoms with Gasteiger partial charge in [0.2, 0.25) is 5.51 Å². The Morgan fingerprint density at radius 3 is 2.10 bits per heavy atom. The van der Waals surface area contributed by atoms with Crippen LogP contribution in [0.15, 0.2) is 42.0 Å². The van der Waals surface area contributed by atoms with Crippen LogP contribution in [0.1, 0.15) is 111 Å². The van der Waals surface area contributed by atoms with Gasteiger partial charge in [0.1, 0.15) is 17.2 Å². The van der Waals surface area contributed by atoms with Crippen molar-refractivity contribution in [3.05, 3.63) is 69.2 Å². The summed E-state index contributed by atoms with van der Waals surface area (Å²) >= 11 is 1.67. The van der Waals surface area contributed by atoms with Crippen molar-refractivity contribution in [2.45, 2.75) is 118 Å². The van der Waals surface area contributed by atoms with E-state index in [2.05, 4.69) is 24.6 Å². The van der Waals surface area contributed by atoms with E-state index in [9.17, 15) is 9.46 Å². The van der Waals surface area contributed by atoms with Gasteiger partial charge in [0.25, 0.3) is 0 Å². The standard InChI is InChI=1S/C34H50NO5PS/c1-6-7-8-9-10-11-12-13-14-15-16-17-21-38-33-22-27(2)34(30(5)29(33)4)40-41(36,37)39-32-20-18-19-31(23-32)25-35-24-28(3)42-26-35/h18-20,22-24,26H,6-17,21,25H2,1-5H3/p+1. The number of hydrogen-bond donors (Lipinski definition) is 1. The molecule has 0 aliphatic heterocycles. The Morgan fingerprint density at radius 1 is 0.833 bits per heavy atom. The summed E-state index contributed by atoms with van der Waals surface area (Å²) in [6.45, 7) is 11.3. The second kappa shape index (κ2) is 17.7. The zero-order valence-electron chi connectivity index (χ0n) is 26.3. The number of nitrogens with zero attached hydrogens (tertiary/aromatic N) is 1. The van der Waals surface area contributed by atoms with E-state index < -0.39 is 7.82 Å². The third kappa shape index (κ3) is 11.7. The molecule has 0 aliphatic rings. The minimum absolute atomic E-state index is 0.292. The lowest BCUT2D eigenvalue weighted by molar-refractivity contribution is -0.683.